The summed E-state index contributed by atoms with van der Waals surface area (Å²) >= 11 is 14.7. The Hall–Kier alpha value is -4.18. The van der Waals surface area contributed by atoms with Crippen molar-refractivity contribution in [2.24, 2.45) is 5.41 Å². The Balaban J connectivity index is 1.25. The quantitative estimate of drug-likeness (QED) is 0.141. The third kappa shape index (κ3) is 7.30. The van der Waals surface area contributed by atoms with Gasteiger partial charge in [-0.05, 0) is 75.9 Å². The summed E-state index contributed by atoms with van der Waals surface area (Å²) in [6, 6.07) is 10.5. The highest BCUT2D eigenvalue weighted by Gasteiger charge is 2.40. The van der Waals surface area contributed by atoms with E-state index < -0.39 is 5.82 Å². The van der Waals surface area contributed by atoms with Crippen molar-refractivity contribution in [1.29, 1.82) is 5.26 Å². The molecule has 3 aliphatic rings. The van der Waals surface area contributed by atoms with Crippen molar-refractivity contribution in [3.05, 3.63) is 105 Å². The zero-order valence-corrected chi connectivity index (χ0v) is 31.2. The molecule has 4 heterocycles. The summed E-state index contributed by atoms with van der Waals surface area (Å²) in [5, 5.41) is 23.4. The molecule has 1 fully saturated rings. The second-order valence-corrected chi connectivity index (χ2v) is 16.2. The molecule has 0 spiro atoms. The maximum atomic E-state index is 14.0. The third-order valence-corrected chi connectivity index (χ3v) is 11.4. The van der Waals surface area contributed by atoms with E-state index in [1.54, 1.807) is 17.4 Å². The lowest BCUT2D eigenvalue weighted by Gasteiger charge is -2.42. The minimum atomic E-state index is -0.528. The lowest BCUT2D eigenvalue weighted by molar-refractivity contribution is 0.0569. The van der Waals surface area contributed by atoms with Crippen molar-refractivity contribution in [2.75, 3.05) is 23.7 Å². The number of benzene rings is 2. The highest BCUT2D eigenvalue weighted by molar-refractivity contribution is 7.10. The van der Waals surface area contributed by atoms with E-state index in [0.29, 0.717) is 38.9 Å². The first-order chi connectivity index (χ1) is 24.4. The van der Waals surface area contributed by atoms with Crippen LogP contribution in [0.25, 0.3) is 16.5 Å². The monoisotopic (exact) mass is 743 g/mol. The number of anilines is 3. The molecule has 7 rings (SSSR count). The van der Waals surface area contributed by atoms with E-state index >= 15 is 0 Å². The van der Waals surface area contributed by atoms with Crippen molar-refractivity contribution in [3.8, 4) is 6.07 Å². The summed E-state index contributed by atoms with van der Waals surface area (Å²) in [5.41, 5.74) is 11.5. The summed E-state index contributed by atoms with van der Waals surface area (Å²) < 4.78 is 14.0. The first-order valence-corrected chi connectivity index (χ1v) is 18.6. The van der Waals surface area contributed by atoms with E-state index in [-0.39, 0.29) is 22.0 Å². The molecule has 4 N–H and O–H groups in total. The number of pyridine rings is 1. The van der Waals surface area contributed by atoms with Crippen LogP contribution >= 0.6 is 34.5 Å². The van der Waals surface area contributed by atoms with Crippen LogP contribution in [0.5, 0.6) is 0 Å². The Kier molecular flexibility index (Phi) is 9.73. The number of nitrogens with zero attached hydrogens (tertiary/aromatic N) is 5. The number of likely N-dealkylation sites (tertiary alicyclic amines) is 1. The van der Waals surface area contributed by atoms with Crippen LogP contribution < -0.4 is 21.6 Å². The number of halogens is 3. The molecule has 0 saturated carbocycles. The average molecular weight is 745 g/mol. The maximum Gasteiger partial charge on any atom is 0.141 e. The van der Waals surface area contributed by atoms with Gasteiger partial charge >= 0.3 is 0 Å². The van der Waals surface area contributed by atoms with Gasteiger partial charge in [-0.15, -0.1) is 16.9 Å². The summed E-state index contributed by atoms with van der Waals surface area (Å²) in [6.45, 7) is 11.1. The first kappa shape index (κ1) is 35.2. The fraction of sp³-hybridized carbons (Fsp3) is 0.342. The van der Waals surface area contributed by atoms with Gasteiger partial charge in [0.25, 0.3) is 0 Å². The summed E-state index contributed by atoms with van der Waals surface area (Å²) in [5.74, 6) is -0.528. The predicted molar refractivity (Wildman–Crippen MR) is 206 cm³/mol. The topological polar surface area (TPSA) is 104 Å². The van der Waals surface area contributed by atoms with E-state index in [1.165, 1.54) is 23.9 Å². The van der Waals surface area contributed by atoms with Crippen LogP contribution in [0.3, 0.4) is 0 Å². The van der Waals surface area contributed by atoms with E-state index in [1.807, 2.05) is 23.7 Å². The number of nitriles is 1. The molecule has 9 nitrogen and oxygen atoms in total. The normalized spacial score (nSPS) is 20.5. The lowest BCUT2D eigenvalue weighted by Crippen LogP contribution is -2.53. The van der Waals surface area contributed by atoms with Gasteiger partial charge < -0.3 is 16.1 Å². The highest BCUT2D eigenvalue weighted by atomic mass is 35.5. The molecule has 1 aliphatic carbocycles. The van der Waals surface area contributed by atoms with E-state index in [4.69, 9.17) is 23.2 Å². The number of allylic oxidation sites excluding steroid dienone is 3. The first-order valence-electron chi connectivity index (χ1n) is 17.0. The number of nitrogens with one attached hydrogen (secondary N) is 4. The molecule has 2 atom stereocenters. The van der Waals surface area contributed by atoms with Crippen LogP contribution in [0.1, 0.15) is 57.5 Å². The molecule has 0 bridgehead atoms. The predicted octanol–water partition coefficient (Wildman–Crippen LogP) is 9.01. The minimum absolute atomic E-state index is 0.0280. The molecule has 1 unspecified atom stereocenters. The number of hydrogen-bond donors (Lipinski definition) is 4. The smallest absolute Gasteiger partial charge is 0.141 e. The van der Waals surface area contributed by atoms with Gasteiger partial charge in [-0.2, -0.15) is 5.26 Å². The molecule has 2 aliphatic heterocycles. The van der Waals surface area contributed by atoms with E-state index in [9.17, 15) is 9.65 Å². The highest BCUT2D eigenvalue weighted by Crippen LogP contribution is 2.44. The van der Waals surface area contributed by atoms with Crippen molar-refractivity contribution < 1.29 is 4.39 Å². The van der Waals surface area contributed by atoms with Gasteiger partial charge in [0, 0.05) is 70.8 Å². The maximum absolute atomic E-state index is 14.0. The SMILES string of the molecule is CC1([C@H](Nc2cc(Cl)c3ncc(C#N)c(Nc4ccc(F)c(Cl)c4)c3c2)C2=CN(C3CCN(C(C)(C)C)CC3)NN2)C=CC=C(c2nccs2)C1. The number of fused-ring (bicyclic) bond motifs is 1. The number of hydrogen-bond acceptors (Lipinski definition) is 10. The van der Waals surface area contributed by atoms with Crippen LogP contribution in [-0.2, 0) is 0 Å². The second kappa shape index (κ2) is 14.1. The summed E-state index contributed by atoms with van der Waals surface area (Å²) in [4.78, 5) is 11.7. The molecular formula is C38H40Cl2FN9S. The molecule has 13 heteroatoms. The van der Waals surface area contributed by atoms with E-state index in [2.05, 4.69) is 99.7 Å². The molecule has 0 amide bonds. The van der Waals surface area contributed by atoms with Crippen molar-refractivity contribution in [3.63, 3.8) is 0 Å². The van der Waals surface area contributed by atoms with Gasteiger partial charge in [0.2, 0.25) is 0 Å². The number of thiazole rings is 1. The second-order valence-electron chi connectivity index (χ2n) is 14.5. The minimum Gasteiger partial charge on any atom is -0.376 e. The van der Waals surface area contributed by atoms with Gasteiger partial charge in [0.15, 0.2) is 0 Å². The Morgan fingerprint density at radius 3 is 2.61 bits per heavy atom. The Morgan fingerprint density at radius 2 is 1.90 bits per heavy atom. The van der Waals surface area contributed by atoms with Crippen LogP contribution in [0.15, 0.2) is 78.2 Å². The largest absolute Gasteiger partial charge is 0.376 e. The number of piperidine rings is 1. The van der Waals surface area contributed by atoms with Gasteiger partial charge in [0.1, 0.15) is 16.9 Å². The summed E-state index contributed by atoms with van der Waals surface area (Å²) in [6.07, 6.45) is 14.9. The molecule has 264 valence electrons. The Labute approximate surface area is 311 Å². The number of hydrazine groups is 2. The standard InChI is InChI=1S/C38H40Cl2FN9S/c1-37(2,3)49-13-9-27(10-14-49)50-22-32(47-48-50)35(38(4)11-5-6-23(19-38)36-43-12-15-51-36)46-26-16-28-33(45-25-7-8-31(41)29(39)17-25)24(20-42)21-44-34(28)30(40)18-26/h5-8,11-12,15-18,21-22,27,35,46-48H,9-10,13-14,19H2,1-4H3,(H,44,45)/t35-,38?/m1/s1. The van der Waals surface area contributed by atoms with Crippen LogP contribution in [0, 0.1) is 22.6 Å². The van der Waals surface area contributed by atoms with Gasteiger partial charge in [-0.1, -0.05) is 48.4 Å². The number of aromatic nitrogens is 2. The zero-order chi connectivity index (χ0) is 35.9. The van der Waals surface area contributed by atoms with Crippen LogP contribution in [0.4, 0.5) is 21.5 Å². The molecule has 0 radical (unpaired) electrons. The molecule has 4 aromatic rings. The molecular weight excluding hydrogens is 704 g/mol. The molecule has 1 saturated heterocycles. The molecule has 2 aromatic carbocycles. The van der Waals surface area contributed by atoms with Gasteiger partial charge in [-0.25, -0.2) is 9.37 Å². The van der Waals surface area contributed by atoms with Crippen molar-refractivity contribution >= 4 is 68.1 Å². The molecule has 51 heavy (non-hydrogen) atoms. The fourth-order valence-corrected chi connectivity index (χ4v) is 8.30. The fourth-order valence-electron chi connectivity index (χ4n) is 7.19. The number of rotatable bonds is 8. The van der Waals surface area contributed by atoms with Crippen molar-refractivity contribution in [1.82, 2.24) is 30.8 Å². The van der Waals surface area contributed by atoms with Gasteiger partial charge in [-0.3, -0.25) is 14.9 Å². The third-order valence-electron chi connectivity index (χ3n) is 9.98. The summed E-state index contributed by atoms with van der Waals surface area (Å²) in [7, 11) is 0. The van der Waals surface area contributed by atoms with Crippen LogP contribution in [0.2, 0.25) is 10.0 Å². The van der Waals surface area contributed by atoms with Gasteiger partial charge in [0.05, 0.1) is 38.6 Å². The van der Waals surface area contributed by atoms with E-state index in [0.717, 1.165) is 48.7 Å². The lowest BCUT2D eigenvalue weighted by atomic mass is 9.73. The van der Waals surface area contributed by atoms with Crippen LogP contribution in [-0.4, -0.2) is 50.6 Å². The molecule has 2 aromatic heterocycles. The zero-order valence-electron chi connectivity index (χ0n) is 28.9. The Bertz CT molecular complexity index is 2080. The average Bonchev–Trinajstić information content (AvgIpc) is 3.83. The Morgan fingerprint density at radius 1 is 1.12 bits per heavy atom. The van der Waals surface area contributed by atoms with Crippen molar-refractivity contribution in [2.45, 2.75) is 64.6 Å².